The molecule has 2 amide bonds. The van der Waals surface area contributed by atoms with Gasteiger partial charge in [0.25, 0.3) is 5.56 Å². The van der Waals surface area contributed by atoms with Crippen molar-refractivity contribution in [1.82, 2.24) is 19.8 Å². The smallest absolute Gasteiger partial charge is 0.261 e. The lowest BCUT2D eigenvalue weighted by atomic mass is 9.79. The lowest BCUT2D eigenvalue weighted by Gasteiger charge is -2.44. The molecule has 12 nitrogen and oxygen atoms in total. The maximum atomic E-state index is 15.4. The van der Waals surface area contributed by atoms with Gasteiger partial charge >= 0.3 is 0 Å². The summed E-state index contributed by atoms with van der Waals surface area (Å²) in [4.78, 5) is 44.8. The third-order valence-corrected chi connectivity index (χ3v) is 14.5. The SMILES string of the molecule is N#Cc1c(NSC2CCCC2)ccc(F)c1Oc1ccc2ncn(C3COC4(CCN(C5CCC(c6ccc(NC7CCC(=O)NC7=O)cc6F)CC5)CC4)C3)c(=O)c2c1. The van der Waals surface area contributed by atoms with Crippen LogP contribution in [0.5, 0.6) is 11.5 Å². The van der Waals surface area contributed by atoms with Crippen LogP contribution in [0.2, 0.25) is 0 Å². The summed E-state index contributed by atoms with van der Waals surface area (Å²) in [6.07, 6.45) is 12.9. The van der Waals surface area contributed by atoms with Gasteiger partial charge in [-0.15, -0.1) is 0 Å². The van der Waals surface area contributed by atoms with E-state index in [2.05, 4.69) is 31.3 Å². The molecule has 2 aliphatic carbocycles. The summed E-state index contributed by atoms with van der Waals surface area (Å²) in [5.74, 6) is -1.43. The zero-order valence-electron chi connectivity index (χ0n) is 33.4. The molecular weight excluding hydrogens is 789 g/mol. The number of carbonyl (C=O) groups excluding carboxylic acids is 2. The predicted molar refractivity (Wildman–Crippen MR) is 225 cm³/mol. The molecule has 9 rings (SSSR count). The van der Waals surface area contributed by atoms with Gasteiger partial charge in [0.1, 0.15) is 29.2 Å². The van der Waals surface area contributed by atoms with Crippen molar-refractivity contribution in [1.29, 1.82) is 5.26 Å². The van der Waals surface area contributed by atoms with Gasteiger partial charge in [-0.3, -0.25) is 24.3 Å². The molecule has 0 radical (unpaired) electrons. The number of hydrogen-bond acceptors (Lipinski definition) is 11. The number of piperidine rings is 2. The maximum Gasteiger partial charge on any atom is 0.261 e. The van der Waals surface area contributed by atoms with Gasteiger partial charge in [-0.2, -0.15) is 5.26 Å². The number of nitrogens with zero attached hydrogens (tertiary/aromatic N) is 4. The molecule has 1 spiro atoms. The summed E-state index contributed by atoms with van der Waals surface area (Å²) in [5, 5.41) is 16.2. The third-order valence-electron chi connectivity index (χ3n) is 13.4. The number of aromatic nitrogens is 2. The number of nitriles is 1. The van der Waals surface area contributed by atoms with Crippen molar-refractivity contribution in [2.24, 2.45) is 0 Å². The number of benzene rings is 3. The standard InChI is InChI=1S/C45H49F2N7O5S/c46-36-12-14-39(52-60-32-3-1-2-4-32)35(24-48)42(36)59-31-10-13-38-34(22-31)44(57)54(26-49-38)30-23-45(58-25-30)17-19-53(20-18-45)29-8-5-27(6-9-29)33-11-7-28(21-37(33)47)50-40-15-16-41(55)51-43(40)56/h7,10-14,21-22,26-27,29-30,32,40,50,52H,1-6,8-9,15-20,23,25H2,(H,51,55,56). The lowest BCUT2D eigenvalue weighted by Crippen LogP contribution is -2.49. The van der Waals surface area contributed by atoms with Crippen LogP contribution < -0.4 is 25.7 Å². The van der Waals surface area contributed by atoms with E-state index in [-0.39, 0.29) is 64.2 Å². The molecule has 2 atom stereocenters. The highest BCUT2D eigenvalue weighted by Crippen LogP contribution is 2.43. The van der Waals surface area contributed by atoms with E-state index in [0.717, 1.165) is 64.5 Å². The largest absolute Gasteiger partial charge is 0.453 e. The highest BCUT2D eigenvalue weighted by Gasteiger charge is 2.45. The number of ether oxygens (including phenoxy) is 2. The summed E-state index contributed by atoms with van der Waals surface area (Å²) in [6, 6.07) is 14.6. The fourth-order valence-corrected chi connectivity index (χ4v) is 11.0. The van der Waals surface area contributed by atoms with E-state index in [9.17, 15) is 19.6 Å². The van der Waals surface area contributed by atoms with Crippen LogP contribution in [-0.2, 0) is 14.3 Å². The molecule has 3 saturated heterocycles. The van der Waals surface area contributed by atoms with Crippen LogP contribution in [0, 0.1) is 23.0 Å². The quantitative estimate of drug-likeness (QED) is 0.105. The number of likely N-dealkylation sites (tertiary alicyclic amines) is 1. The second-order valence-corrected chi connectivity index (χ2v) is 18.2. The van der Waals surface area contributed by atoms with Gasteiger partial charge in [0, 0.05) is 36.5 Å². The Bertz CT molecular complexity index is 2380. The van der Waals surface area contributed by atoms with E-state index in [1.807, 2.05) is 12.1 Å². The lowest BCUT2D eigenvalue weighted by molar-refractivity contribution is -0.133. The Kier molecular flexibility index (Phi) is 11.5. The van der Waals surface area contributed by atoms with Gasteiger partial charge in [0.2, 0.25) is 11.8 Å². The maximum absolute atomic E-state index is 15.4. The average molecular weight is 838 g/mol. The van der Waals surface area contributed by atoms with Crippen LogP contribution in [-0.4, -0.2) is 68.9 Å². The summed E-state index contributed by atoms with van der Waals surface area (Å²) >= 11 is 1.55. The number of nitrogens with one attached hydrogen (secondary N) is 3. The van der Waals surface area contributed by atoms with Gasteiger partial charge in [-0.1, -0.05) is 18.9 Å². The van der Waals surface area contributed by atoms with Gasteiger partial charge in [0.05, 0.1) is 41.2 Å². The Labute approximate surface area is 351 Å². The Morgan fingerprint density at radius 2 is 1.73 bits per heavy atom. The van der Waals surface area contributed by atoms with Crippen LogP contribution in [0.3, 0.4) is 0 Å². The van der Waals surface area contributed by atoms with Crippen LogP contribution in [0.15, 0.2) is 59.7 Å². The molecule has 60 heavy (non-hydrogen) atoms. The van der Waals surface area contributed by atoms with Crippen molar-refractivity contribution < 1.29 is 27.8 Å². The zero-order chi connectivity index (χ0) is 41.4. The molecule has 5 fully saturated rings. The number of fused-ring (bicyclic) bond motifs is 1. The van der Waals surface area contributed by atoms with Crippen LogP contribution in [0.1, 0.15) is 107 Å². The zero-order valence-corrected chi connectivity index (χ0v) is 34.2. The van der Waals surface area contributed by atoms with E-state index in [0.29, 0.717) is 58.6 Å². The van der Waals surface area contributed by atoms with Gasteiger partial charge in [0.15, 0.2) is 11.6 Å². The number of hydrogen-bond donors (Lipinski definition) is 3. The van der Waals surface area contributed by atoms with Crippen LogP contribution >= 0.6 is 11.9 Å². The monoisotopic (exact) mass is 837 g/mol. The topological polar surface area (TPSA) is 151 Å². The molecule has 2 unspecified atom stereocenters. The van der Waals surface area contributed by atoms with E-state index < -0.39 is 11.9 Å². The Morgan fingerprint density at radius 1 is 0.933 bits per heavy atom. The Morgan fingerprint density at radius 3 is 2.48 bits per heavy atom. The Balaban J connectivity index is 0.800. The van der Waals surface area contributed by atoms with Crippen molar-refractivity contribution in [2.75, 3.05) is 29.7 Å². The number of amides is 2. The fourth-order valence-electron chi connectivity index (χ4n) is 9.94. The molecular formula is C45H49F2N7O5S. The highest BCUT2D eigenvalue weighted by molar-refractivity contribution is 8.01. The van der Waals surface area contributed by atoms with Crippen LogP contribution in [0.25, 0.3) is 10.9 Å². The Hall–Kier alpha value is -5.04. The first kappa shape index (κ1) is 40.4. The molecule has 314 valence electrons. The minimum atomic E-state index is -0.667. The predicted octanol–water partition coefficient (Wildman–Crippen LogP) is 8.08. The van der Waals surface area contributed by atoms with Crippen molar-refractivity contribution in [3.8, 4) is 17.6 Å². The van der Waals surface area contributed by atoms with Crippen LogP contribution in [0.4, 0.5) is 20.2 Å². The summed E-state index contributed by atoms with van der Waals surface area (Å²) < 4.78 is 47.9. The number of rotatable bonds is 10. The van der Waals surface area contributed by atoms with Crippen molar-refractivity contribution in [3.05, 3.63) is 88.0 Å². The fraction of sp³-hybridized carbons (Fsp3) is 0.489. The number of imide groups is 1. The van der Waals surface area contributed by atoms with Crippen molar-refractivity contribution in [2.45, 2.75) is 118 Å². The minimum absolute atomic E-state index is 0.0666. The minimum Gasteiger partial charge on any atom is -0.453 e. The summed E-state index contributed by atoms with van der Waals surface area (Å²) in [7, 11) is 0. The first-order valence-electron chi connectivity index (χ1n) is 21.3. The second-order valence-electron chi connectivity index (χ2n) is 17.1. The molecule has 3 aliphatic heterocycles. The van der Waals surface area contributed by atoms with Gasteiger partial charge in [-0.05, 0) is 130 Å². The first-order valence-corrected chi connectivity index (χ1v) is 22.1. The summed E-state index contributed by atoms with van der Waals surface area (Å²) in [5.41, 5.74) is 1.73. The molecule has 1 aromatic heterocycles. The molecule has 3 aromatic carbocycles. The van der Waals surface area contributed by atoms with Gasteiger partial charge < -0.3 is 24.4 Å². The molecule has 2 saturated carbocycles. The number of halogens is 2. The third kappa shape index (κ3) is 8.34. The highest BCUT2D eigenvalue weighted by atomic mass is 32.2. The molecule has 5 aliphatic rings. The first-order chi connectivity index (χ1) is 29.1. The average Bonchev–Trinajstić information content (AvgIpc) is 3.93. The van der Waals surface area contributed by atoms with E-state index in [4.69, 9.17) is 9.47 Å². The molecule has 0 bridgehead atoms. The molecule has 4 heterocycles. The second kappa shape index (κ2) is 17.1. The van der Waals surface area contributed by atoms with E-state index in [1.54, 1.807) is 47.1 Å². The van der Waals surface area contributed by atoms with Gasteiger partial charge in [-0.25, -0.2) is 13.8 Å². The van der Waals surface area contributed by atoms with E-state index >= 15 is 8.78 Å². The summed E-state index contributed by atoms with van der Waals surface area (Å²) in [6.45, 7) is 2.18. The van der Waals surface area contributed by atoms with Crippen molar-refractivity contribution >= 4 is 46.0 Å². The molecule has 15 heteroatoms. The van der Waals surface area contributed by atoms with E-state index in [1.165, 1.54) is 25.0 Å². The molecule has 4 aromatic rings. The number of anilines is 2. The van der Waals surface area contributed by atoms with Crippen molar-refractivity contribution in [3.63, 3.8) is 0 Å². The normalized spacial score (nSPS) is 24.7. The number of carbonyl (C=O) groups is 2. The molecule has 3 N–H and O–H groups in total.